The third-order valence-electron chi connectivity index (χ3n) is 2.93. The number of hydrogen-bond donors (Lipinski definition) is 1. The summed E-state index contributed by atoms with van der Waals surface area (Å²) in [6, 6.07) is 0.0327. The lowest BCUT2D eigenvalue weighted by Crippen LogP contribution is -2.46. The van der Waals surface area contributed by atoms with Crippen LogP contribution in [0.25, 0.3) is 5.53 Å². The first-order valence-electron chi connectivity index (χ1n) is 6.79. The first-order chi connectivity index (χ1) is 10.4. The maximum absolute atomic E-state index is 10.8. The van der Waals surface area contributed by atoms with Crippen LogP contribution in [-0.2, 0) is 4.79 Å². The van der Waals surface area contributed by atoms with E-state index in [1.54, 1.807) is 23.5 Å². The molecule has 0 bridgehead atoms. The zero-order valence-corrected chi connectivity index (χ0v) is 13.6. The molecule has 1 heterocycles. The second kappa shape index (κ2) is 9.19. The van der Waals surface area contributed by atoms with Crippen molar-refractivity contribution in [2.45, 2.75) is 19.4 Å². The third kappa shape index (κ3) is 6.71. The van der Waals surface area contributed by atoms with Crippen LogP contribution in [0.4, 0.5) is 0 Å². The molecule has 2 N–H and O–H groups in total. The van der Waals surface area contributed by atoms with E-state index in [0.29, 0.717) is 18.0 Å². The van der Waals surface area contributed by atoms with Gasteiger partial charge in [0.2, 0.25) is 5.91 Å². The lowest BCUT2D eigenvalue weighted by Gasteiger charge is -2.46. The monoisotopic (exact) mass is 322 g/mol. The largest absolute Gasteiger partial charge is 0.524 e. The number of allylic oxidation sites excluding steroid dienone is 4. The summed E-state index contributed by atoms with van der Waals surface area (Å²) in [4.78, 5) is 10.8. The number of carbonyl (C=O) groups is 1. The topological polar surface area (TPSA) is 76.0 Å². The Morgan fingerprint density at radius 1 is 1.55 bits per heavy atom. The van der Waals surface area contributed by atoms with Crippen LogP contribution in [-0.4, -0.2) is 41.9 Å². The fourth-order valence-corrected chi connectivity index (χ4v) is 2.02. The number of halogens is 1. The molecule has 1 unspecified atom stereocenters. The van der Waals surface area contributed by atoms with Gasteiger partial charge in [-0.25, -0.2) is 5.01 Å². The molecule has 0 spiro atoms. The molecule has 1 rings (SSSR count). The molecule has 7 heteroatoms. The fraction of sp³-hybridized carbons (Fsp3) is 0.333. The van der Waals surface area contributed by atoms with E-state index in [0.717, 1.165) is 5.57 Å². The van der Waals surface area contributed by atoms with Crippen LogP contribution in [0.5, 0.6) is 0 Å². The number of carbonyl (C=O) groups excluding carboxylic acids is 1. The molecule has 22 heavy (non-hydrogen) atoms. The van der Waals surface area contributed by atoms with Gasteiger partial charge in [0.25, 0.3) is 0 Å². The predicted molar refractivity (Wildman–Crippen MR) is 90.9 cm³/mol. The Balaban J connectivity index is 2.89. The van der Waals surface area contributed by atoms with E-state index in [2.05, 4.69) is 17.2 Å². The molecule has 120 valence electrons. The van der Waals surface area contributed by atoms with Gasteiger partial charge in [0.05, 0.1) is 0 Å². The SMILES string of the molecule is C=C(Cl)/C=C\CC(/C=C(C)\C=C\C(N)=O)N1CC=N[N-]N1C. The molecule has 1 aliphatic heterocycles. The maximum Gasteiger partial charge on any atom is 0.241 e. The first kappa shape index (κ1) is 18.2. The van der Waals surface area contributed by atoms with Gasteiger partial charge in [-0.15, -0.1) is 0 Å². The Hall–Kier alpha value is -1.89. The van der Waals surface area contributed by atoms with Gasteiger partial charge in [0.1, 0.15) is 0 Å². The highest BCUT2D eigenvalue weighted by Crippen LogP contribution is 2.17. The van der Waals surface area contributed by atoms with Gasteiger partial charge >= 0.3 is 0 Å². The van der Waals surface area contributed by atoms with E-state index in [1.807, 2.05) is 31.1 Å². The second-order valence-corrected chi connectivity index (χ2v) is 5.28. The Kier molecular flexibility index (Phi) is 7.59. The van der Waals surface area contributed by atoms with Gasteiger partial charge in [0.15, 0.2) is 0 Å². The minimum Gasteiger partial charge on any atom is -0.524 e. The van der Waals surface area contributed by atoms with Gasteiger partial charge in [-0.1, -0.05) is 42.0 Å². The van der Waals surface area contributed by atoms with Crippen LogP contribution in [0.3, 0.4) is 0 Å². The number of amides is 1. The van der Waals surface area contributed by atoms with E-state index >= 15 is 0 Å². The van der Waals surface area contributed by atoms with Crippen molar-refractivity contribution in [2.75, 3.05) is 13.6 Å². The summed E-state index contributed by atoms with van der Waals surface area (Å²) in [5.74, 6) is -0.472. The summed E-state index contributed by atoms with van der Waals surface area (Å²) in [6.07, 6.45) is 11.2. The highest BCUT2D eigenvalue weighted by Gasteiger charge is 2.16. The van der Waals surface area contributed by atoms with Crippen molar-refractivity contribution >= 4 is 23.7 Å². The van der Waals surface area contributed by atoms with Crippen molar-refractivity contribution in [1.29, 1.82) is 0 Å². The molecule has 0 aromatic carbocycles. The summed E-state index contributed by atoms with van der Waals surface area (Å²) in [7, 11) is 1.83. The first-order valence-corrected chi connectivity index (χ1v) is 7.17. The molecule has 1 amide bonds. The van der Waals surface area contributed by atoms with Crippen molar-refractivity contribution < 1.29 is 4.79 Å². The highest BCUT2D eigenvalue weighted by atomic mass is 35.5. The van der Waals surface area contributed by atoms with E-state index in [4.69, 9.17) is 17.3 Å². The van der Waals surface area contributed by atoms with Gasteiger partial charge in [-0.3, -0.25) is 4.79 Å². The smallest absolute Gasteiger partial charge is 0.241 e. The molecule has 1 aliphatic rings. The van der Waals surface area contributed by atoms with E-state index < -0.39 is 5.91 Å². The Morgan fingerprint density at radius 2 is 2.27 bits per heavy atom. The minimum absolute atomic E-state index is 0.0327. The van der Waals surface area contributed by atoms with Gasteiger partial charge < -0.3 is 21.5 Å². The number of primary amides is 1. The van der Waals surface area contributed by atoms with Gasteiger partial charge in [0, 0.05) is 23.7 Å². The van der Waals surface area contributed by atoms with Crippen LogP contribution in [0.15, 0.2) is 52.7 Å². The fourth-order valence-electron chi connectivity index (χ4n) is 1.93. The molecule has 0 saturated carbocycles. The van der Waals surface area contributed by atoms with Crippen LogP contribution < -0.4 is 5.73 Å². The average molecular weight is 323 g/mol. The van der Waals surface area contributed by atoms with Crippen LogP contribution in [0.2, 0.25) is 0 Å². The summed E-state index contributed by atoms with van der Waals surface area (Å²) >= 11 is 5.74. The lowest BCUT2D eigenvalue weighted by atomic mass is 10.1. The number of hydrogen-bond acceptors (Lipinski definition) is 4. The molecule has 0 radical (unpaired) electrons. The standard InChI is InChI=1S/C15H21ClN5O/c1-12(7-8-15(17)22)11-14(6-4-5-13(2)16)21-10-9-18-19-20(21)3/h4-5,7-9,11,14H,2,6,10H2,1,3H3,(H2,17,22)/q-1/b5-4-,8-7+,12-11-. The molecule has 6 nitrogen and oxygen atoms in total. The number of rotatable bonds is 7. The van der Waals surface area contributed by atoms with Crippen LogP contribution >= 0.6 is 11.6 Å². The molecule has 0 aliphatic carbocycles. The lowest BCUT2D eigenvalue weighted by molar-refractivity contribution is -0.113. The van der Waals surface area contributed by atoms with Crippen molar-refractivity contribution in [3.05, 3.63) is 53.1 Å². The minimum atomic E-state index is -0.472. The van der Waals surface area contributed by atoms with Crippen molar-refractivity contribution in [3.63, 3.8) is 0 Å². The number of hydrazine groups is 1. The van der Waals surface area contributed by atoms with Crippen molar-refractivity contribution in [2.24, 2.45) is 10.8 Å². The Morgan fingerprint density at radius 3 is 2.86 bits per heavy atom. The molecule has 0 fully saturated rings. The van der Waals surface area contributed by atoms with Crippen molar-refractivity contribution in [1.82, 2.24) is 10.1 Å². The van der Waals surface area contributed by atoms with E-state index in [9.17, 15) is 4.79 Å². The molecular formula is C15H21ClN5O-. The number of nitrogens with two attached hydrogens (primary N) is 1. The summed E-state index contributed by atoms with van der Waals surface area (Å²) < 4.78 is 0. The molecule has 1 atom stereocenters. The predicted octanol–water partition coefficient (Wildman–Crippen LogP) is 2.48. The summed E-state index contributed by atoms with van der Waals surface area (Å²) in [5.41, 5.74) is 10.0. The van der Waals surface area contributed by atoms with E-state index in [-0.39, 0.29) is 6.04 Å². The Labute approximate surface area is 136 Å². The third-order valence-corrected chi connectivity index (χ3v) is 3.05. The summed E-state index contributed by atoms with van der Waals surface area (Å²) in [6.45, 7) is 6.18. The Bertz CT molecular complexity index is 524. The zero-order valence-electron chi connectivity index (χ0n) is 12.8. The quantitative estimate of drug-likeness (QED) is 0.578. The normalized spacial score (nSPS) is 18.8. The highest BCUT2D eigenvalue weighted by molar-refractivity contribution is 6.30. The average Bonchev–Trinajstić information content (AvgIpc) is 2.44. The van der Waals surface area contributed by atoms with Crippen LogP contribution in [0.1, 0.15) is 13.3 Å². The van der Waals surface area contributed by atoms with E-state index in [1.165, 1.54) is 6.08 Å². The van der Waals surface area contributed by atoms with Gasteiger partial charge in [-0.2, -0.15) is 0 Å². The van der Waals surface area contributed by atoms with Gasteiger partial charge in [-0.05, 0) is 32.7 Å². The summed E-state index contributed by atoms with van der Waals surface area (Å²) in [5, 5.41) is 8.08. The molecule has 0 aromatic rings. The zero-order chi connectivity index (χ0) is 16.5. The van der Waals surface area contributed by atoms with Crippen molar-refractivity contribution in [3.8, 4) is 0 Å². The second-order valence-electron chi connectivity index (χ2n) is 4.80. The molecule has 0 aromatic heterocycles. The van der Waals surface area contributed by atoms with Crippen LogP contribution in [0, 0.1) is 0 Å². The molecular weight excluding hydrogens is 302 g/mol. The molecule has 0 saturated heterocycles. The number of nitrogens with zero attached hydrogens (tertiary/aromatic N) is 4. The maximum atomic E-state index is 10.8.